The number of para-hydroxylation sites is 1. The highest BCUT2D eigenvalue weighted by Crippen LogP contribution is 2.54. The quantitative estimate of drug-likeness (QED) is 0.363. The summed E-state index contributed by atoms with van der Waals surface area (Å²) in [5.74, 6) is -2.33. The predicted octanol–water partition coefficient (Wildman–Crippen LogP) is 4.54. The SMILES string of the molecule is CC1=C(C(=O)OC(C)C)C(c2cccc3c2OOC3)C(CCN(C)Cc2ccc(F)cc2)(C(=O)O)C(C)N1. The Morgan fingerprint density at radius 3 is 2.61 bits per heavy atom. The van der Waals surface area contributed by atoms with Crippen molar-refractivity contribution < 1.29 is 33.6 Å². The van der Waals surface area contributed by atoms with E-state index in [4.69, 9.17) is 14.5 Å². The number of carboxylic acid groups (broad SMARTS) is 1. The van der Waals surface area contributed by atoms with Gasteiger partial charge in [0.25, 0.3) is 0 Å². The molecule has 9 heteroatoms. The zero-order valence-corrected chi connectivity index (χ0v) is 22.4. The molecule has 4 rings (SSSR count). The molecule has 204 valence electrons. The van der Waals surface area contributed by atoms with Crippen LogP contribution >= 0.6 is 0 Å². The average Bonchev–Trinajstić information content (AvgIpc) is 3.33. The van der Waals surface area contributed by atoms with Crippen molar-refractivity contribution in [1.29, 1.82) is 0 Å². The summed E-state index contributed by atoms with van der Waals surface area (Å²) in [6, 6.07) is 11.2. The molecule has 0 aromatic heterocycles. The van der Waals surface area contributed by atoms with Gasteiger partial charge in [-0.3, -0.25) is 4.79 Å². The van der Waals surface area contributed by atoms with Gasteiger partial charge in [-0.25, -0.2) is 9.18 Å². The van der Waals surface area contributed by atoms with Gasteiger partial charge in [0.2, 0.25) is 0 Å². The first-order valence-electron chi connectivity index (χ1n) is 12.8. The van der Waals surface area contributed by atoms with E-state index in [0.717, 1.165) is 11.1 Å². The minimum absolute atomic E-state index is 0.217. The Morgan fingerprint density at radius 1 is 1.24 bits per heavy atom. The first kappa shape index (κ1) is 27.6. The monoisotopic (exact) mass is 526 g/mol. The Morgan fingerprint density at radius 2 is 1.95 bits per heavy atom. The van der Waals surface area contributed by atoms with Gasteiger partial charge in [-0.2, -0.15) is 4.89 Å². The fourth-order valence-electron chi connectivity index (χ4n) is 5.57. The Bertz CT molecular complexity index is 1230. The summed E-state index contributed by atoms with van der Waals surface area (Å²) >= 11 is 0. The number of esters is 1. The molecule has 0 aliphatic carbocycles. The van der Waals surface area contributed by atoms with Crippen molar-refractivity contribution in [3.05, 3.63) is 76.2 Å². The van der Waals surface area contributed by atoms with Gasteiger partial charge in [0.15, 0.2) is 5.75 Å². The lowest BCUT2D eigenvalue weighted by atomic mass is 9.60. The lowest BCUT2D eigenvalue weighted by molar-refractivity contribution is -0.195. The summed E-state index contributed by atoms with van der Waals surface area (Å²) in [4.78, 5) is 39.6. The van der Waals surface area contributed by atoms with Gasteiger partial charge in [-0.15, -0.1) is 0 Å². The third-order valence-corrected chi connectivity index (χ3v) is 7.44. The van der Waals surface area contributed by atoms with Gasteiger partial charge in [-0.1, -0.05) is 30.3 Å². The number of carboxylic acids is 1. The van der Waals surface area contributed by atoms with Crippen molar-refractivity contribution in [3.8, 4) is 5.75 Å². The van der Waals surface area contributed by atoms with E-state index in [9.17, 15) is 19.1 Å². The normalized spacial score (nSPS) is 22.7. The van der Waals surface area contributed by atoms with E-state index in [1.165, 1.54) is 12.1 Å². The van der Waals surface area contributed by atoms with Crippen LogP contribution in [0.1, 0.15) is 56.7 Å². The summed E-state index contributed by atoms with van der Waals surface area (Å²) < 4.78 is 19.0. The van der Waals surface area contributed by atoms with Crippen LogP contribution in [0.3, 0.4) is 0 Å². The zero-order valence-electron chi connectivity index (χ0n) is 22.4. The number of nitrogens with zero attached hydrogens (tertiary/aromatic N) is 1. The van der Waals surface area contributed by atoms with E-state index in [0.29, 0.717) is 30.1 Å². The maximum atomic E-state index is 13.5. The second-order valence-electron chi connectivity index (χ2n) is 10.4. The Kier molecular flexibility index (Phi) is 8.08. The predicted molar refractivity (Wildman–Crippen MR) is 139 cm³/mol. The van der Waals surface area contributed by atoms with Crippen LogP contribution in [-0.4, -0.2) is 47.7 Å². The number of halogens is 1. The second kappa shape index (κ2) is 11.1. The van der Waals surface area contributed by atoms with Gasteiger partial charge >= 0.3 is 11.9 Å². The number of rotatable bonds is 9. The third kappa shape index (κ3) is 5.26. The molecular formula is C29H35FN2O6. The molecule has 2 aromatic carbocycles. The van der Waals surface area contributed by atoms with Crippen LogP contribution < -0.4 is 10.2 Å². The van der Waals surface area contributed by atoms with Crippen LogP contribution in [0.2, 0.25) is 0 Å². The van der Waals surface area contributed by atoms with E-state index in [2.05, 4.69) is 5.32 Å². The first-order valence-corrected chi connectivity index (χ1v) is 12.8. The van der Waals surface area contributed by atoms with E-state index in [1.54, 1.807) is 39.0 Å². The zero-order chi connectivity index (χ0) is 27.6. The number of carbonyl (C=O) groups is 2. The molecule has 2 aliphatic heterocycles. The number of nitrogens with one attached hydrogen (secondary N) is 1. The van der Waals surface area contributed by atoms with E-state index < -0.39 is 29.3 Å². The van der Waals surface area contributed by atoms with Gasteiger partial charge < -0.3 is 24.9 Å². The molecular weight excluding hydrogens is 491 g/mol. The molecule has 0 amide bonds. The number of benzene rings is 2. The molecule has 8 nitrogen and oxygen atoms in total. The van der Waals surface area contributed by atoms with Crippen LogP contribution in [0.5, 0.6) is 5.75 Å². The van der Waals surface area contributed by atoms with Crippen molar-refractivity contribution in [2.75, 3.05) is 13.6 Å². The number of fused-ring (bicyclic) bond motifs is 1. The highest BCUT2D eigenvalue weighted by molar-refractivity contribution is 5.94. The molecule has 0 saturated heterocycles. The highest BCUT2D eigenvalue weighted by Gasteiger charge is 2.57. The summed E-state index contributed by atoms with van der Waals surface area (Å²) in [5.41, 5.74) is 1.68. The molecule has 2 aromatic rings. The molecule has 0 radical (unpaired) electrons. The number of ether oxygens (including phenoxy) is 1. The summed E-state index contributed by atoms with van der Waals surface area (Å²) in [6.07, 6.45) is -0.167. The fraction of sp³-hybridized carbons (Fsp3) is 0.448. The number of allylic oxidation sites excluding steroid dienone is 1. The van der Waals surface area contributed by atoms with Crippen LogP contribution in [0.15, 0.2) is 53.7 Å². The minimum Gasteiger partial charge on any atom is -0.481 e. The van der Waals surface area contributed by atoms with Crippen LogP contribution in [0.25, 0.3) is 0 Å². The van der Waals surface area contributed by atoms with Gasteiger partial charge in [0.1, 0.15) is 17.8 Å². The molecule has 2 heterocycles. The molecule has 3 atom stereocenters. The standard InChI is InChI=1S/C29H35FN2O6/c1-17(2)37-27(33)24-18(3)31-19(4)29(28(34)35,13-14-32(5)15-20-9-11-22(30)12-10-20)25(24)23-8-6-7-21-16-36-38-26(21)23/h6-12,17,19,25,31H,13-16H2,1-5H3,(H,34,35). The lowest BCUT2D eigenvalue weighted by Crippen LogP contribution is -2.57. The van der Waals surface area contributed by atoms with Crippen molar-refractivity contribution in [1.82, 2.24) is 10.2 Å². The van der Waals surface area contributed by atoms with E-state index in [1.807, 2.05) is 31.0 Å². The van der Waals surface area contributed by atoms with Crippen LogP contribution in [-0.2, 0) is 32.4 Å². The molecule has 2 aliphatic rings. The summed E-state index contributed by atoms with van der Waals surface area (Å²) in [6.45, 7) is 8.27. The van der Waals surface area contributed by atoms with Crippen LogP contribution in [0.4, 0.5) is 4.39 Å². The highest BCUT2D eigenvalue weighted by atomic mass is 19.1. The Hall–Kier alpha value is -3.43. The number of aliphatic carboxylic acids is 1. The molecule has 0 bridgehead atoms. The Balaban J connectivity index is 1.78. The topological polar surface area (TPSA) is 97.3 Å². The second-order valence-corrected chi connectivity index (χ2v) is 10.4. The lowest BCUT2D eigenvalue weighted by Gasteiger charge is -2.47. The van der Waals surface area contributed by atoms with Gasteiger partial charge in [0.05, 0.1) is 11.7 Å². The summed E-state index contributed by atoms with van der Waals surface area (Å²) in [5, 5.41) is 14.2. The number of hydrogen-bond donors (Lipinski definition) is 2. The number of carbonyl (C=O) groups excluding carboxylic acids is 1. The smallest absolute Gasteiger partial charge is 0.336 e. The molecule has 38 heavy (non-hydrogen) atoms. The third-order valence-electron chi connectivity index (χ3n) is 7.44. The minimum atomic E-state index is -1.43. The first-order chi connectivity index (χ1) is 18.0. The largest absolute Gasteiger partial charge is 0.481 e. The maximum absolute atomic E-state index is 13.5. The molecule has 3 unspecified atom stereocenters. The van der Waals surface area contributed by atoms with Gasteiger partial charge in [-0.05, 0) is 65.4 Å². The van der Waals surface area contributed by atoms with Crippen molar-refractivity contribution in [3.63, 3.8) is 0 Å². The molecule has 2 N–H and O–H groups in total. The summed E-state index contributed by atoms with van der Waals surface area (Å²) in [7, 11) is 1.89. The number of hydrogen-bond acceptors (Lipinski definition) is 7. The van der Waals surface area contributed by atoms with Crippen molar-refractivity contribution in [2.45, 2.75) is 65.3 Å². The van der Waals surface area contributed by atoms with Gasteiger partial charge in [0, 0.05) is 35.3 Å². The average molecular weight is 527 g/mol. The maximum Gasteiger partial charge on any atom is 0.336 e. The molecule has 0 saturated carbocycles. The van der Waals surface area contributed by atoms with Crippen molar-refractivity contribution >= 4 is 11.9 Å². The fourth-order valence-corrected chi connectivity index (χ4v) is 5.57. The van der Waals surface area contributed by atoms with Crippen LogP contribution in [0, 0.1) is 11.2 Å². The van der Waals surface area contributed by atoms with E-state index >= 15 is 0 Å². The van der Waals surface area contributed by atoms with Crippen molar-refractivity contribution in [2.24, 2.45) is 5.41 Å². The van der Waals surface area contributed by atoms with E-state index in [-0.39, 0.29) is 30.5 Å². The molecule has 0 spiro atoms. The Labute approximate surface area is 222 Å². The molecule has 0 fully saturated rings.